The number of aryl methyl sites for hydroxylation is 1. The molecule has 0 aliphatic carbocycles. The maximum absolute atomic E-state index is 5.63. The smallest absolute Gasteiger partial charge is 0.223 e. The highest BCUT2D eigenvalue weighted by atomic mass is 32.1. The van der Waals surface area contributed by atoms with Crippen molar-refractivity contribution in [2.45, 2.75) is 58.9 Å². The molecule has 19 heavy (non-hydrogen) atoms. The van der Waals surface area contributed by atoms with E-state index >= 15 is 0 Å². The van der Waals surface area contributed by atoms with E-state index in [0.29, 0.717) is 22.7 Å². The highest BCUT2D eigenvalue weighted by Gasteiger charge is 2.10. The molecule has 3 N–H and O–H groups in total. The fourth-order valence-electron chi connectivity index (χ4n) is 2.03. The molecular formula is C14H24N4S. The minimum Gasteiger partial charge on any atom is -0.388 e. The van der Waals surface area contributed by atoms with Crippen molar-refractivity contribution in [3.8, 4) is 0 Å². The van der Waals surface area contributed by atoms with E-state index in [2.05, 4.69) is 29.1 Å². The standard InChI is InChI=1S/C14H24N4S/c1-4-6-8-11(7-5-2)17-14-16-10(3)9-12(18-14)13(15)19/h9,11H,4-8H2,1-3H3,(H2,15,19)(H,16,17,18). The van der Waals surface area contributed by atoms with Crippen molar-refractivity contribution in [3.05, 3.63) is 17.5 Å². The van der Waals surface area contributed by atoms with Crippen LogP contribution < -0.4 is 11.1 Å². The summed E-state index contributed by atoms with van der Waals surface area (Å²) in [5, 5.41) is 3.41. The Balaban J connectivity index is 2.79. The van der Waals surface area contributed by atoms with E-state index in [9.17, 15) is 0 Å². The Labute approximate surface area is 121 Å². The third-order valence-electron chi connectivity index (χ3n) is 2.98. The second kappa shape index (κ2) is 8.04. The largest absolute Gasteiger partial charge is 0.388 e. The number of nitrogens with zero attached hydrogens (tertiary/aromatic N) is 2. The second-order valence-corrected chi connectivity index (χ2v) is 5.29. The van der Waals surface area contributed by atoms with Gasteiger partial charge < -0.3 is 11.1 Å². The van der Waals surface area contributed by atoms with Crippen molar-refractivity contribution in [1.29, 1.82) is 0 Å². The number of thiocarbonyl (C=S) groups is 1. The van der Waals surface area contributed by atoms with E-state index in [-0.39, 0.29) is 0 Å². The topological polar surface area (TPSA) is 63.8 Å². The van der Waals surface area contributed by atoms with Crippen LogP contribution >= 0.6 is 12.2 Å². The fraction of sp³-hybridized carbons (Fsp3) is 0.643. The molecule has 1 atom stereocenters. The van der Waals surface area contributed by atoms with Crippen LogP contribution in [0.2, 0.25) is 0 Å². The third kappa shape index (κ3) is 5.51. The first-order valence-corrected chi connectivity index (χ1v) is 7.39. The Morgan fingerprint density at radius 2 is 2.05 bits per heavy atom. The summed E-state index contributed by atoms with van der Waals surface area (Å²) in [6.07, 6.45) is 5.83. The molecule has 0 saturated carbocycles. The Bertz CT molecular complexity index is 420. The molecule has 0 radical (unpaired) electrons. The van der Waals surface area contributed by atoms with Gasteiger partial charge in [-0.25, -0.2) is 9.97 Å². The molecule has 1 aromatic heterocycles. The predicted molar refractivity (Wildman–Crippen MR) is 84.5 cm³/mol. The number of hydrogen-bond acceptors (Lipinski definition) is 4. The van der Waals surface area contributed by atoms with Crippen LogP contribution in [0, 0.1) is 6.92 Å². The number of anilines is 1. The van der Waals surface area contributed by atoms with Crippen molar-refractivity contribution < 1.29 is 0 Å². The number of unbranched alkanes of at least 4 members (excludes halogenated alkanes) is 1. The van der Waals surface area contributed by atoms with Crippen LogP contribution in [0.25, 0.3) is 0 Å². The number of hydrogen-bond donors (Lipinski definition) is 2. The van der Waals surface area contributed by atoms with Crippen LogP contribution in [0.4, 0.5) is 5.95 Å². The van der Waals surface area contributed by atoms with Gasteiger partial charge in [-0.05, 0) is 25.8 Å². The molecule has 1 rings (SSSR count). The maximum atomic E-state index is 5.63. The van der Waals surface area contributed by atoms with E-state index in [1.165, 1.54) is 12.8 Å². The van der Waals surface area contributed by atoms with Crippen molar-refractivity contribution in [1.82, 2.24) is 9.97 Å². The Morgan fingerprint density at radius 1 is 1.32 bits per heavy atom. The zero-order valence-electron chi connectivity index (χ0n) is 12.1. The van der Waals surface area contributed by atoms with Crippen molar-refractivity contribution in [3.63, 3.8) is 0 Å². The predicted octanol–water partition coefficient (Wildman–Crippen LogP) is 3.19. The first-order chi connectivity index (χ1) is 9.06. The van der Waals surface area contributed by atoms with Gasteiger partial charge in [0.2, 0.25) is 5.95 Å². The molecule has 0 amide bonds. The van der Waals surface area contributed by atoms with E-state index < -0.39 is 0 Å². The summed E-state index contributed by atoms with van der Waals surface area (Å²) in [5.41, 5.74) is 7.15. The van der Waals surface area contributed by atoms with Gasteiger partial charge in [0.15, 0.2) is 0 Å². The minimum absolute atomic E-state index is 0.314. The lowest BCUT2D eigenvalue weighted by atomic mass is 10.1. The summed E-state index contributed by atoms with van der Waals surface area (Å²) in [6.45, 7) is 6.32. The summed E-state index contributed by atoms with van der Waals surface area (Å²) < 4.78 is 0. The molecule has 0 fully saturated rings. The van der Waals surface area contributed by atoms with E-state index in [1.807, 2.05) is 13.0 Å². The average Bonchev–Trinajstić information content (AvgIpc) is 2.35. The summed E-state index contributed by atoms with van der Waals surface area (Å²) in [4.78, 5) is 9.10. The van der Waals surface area contributed by atoms with Gasteiger partial charge in [-0.15, -0.1) is 0 Å². The lowest BCUT2D eigenvalue weighted by Gasteiger charge is -2.18. The molecule has 106 valence electrons. The summed E-state index contributed by atoms with van der Waals surface area (Å²) in [5.74, 6) is 0.636. The molecule has 0 spiro atoms. The number of rotatable bonds is 8. The number of nitrogens with two attached hydrogens (primary N) is 1. The van der Waals surface area contributed by atoms with Crippen LogP contribution in [0.3, 0.4) is 0 Å². The maximum Gasteiger partial charge on any atom is 0.223 e. The highest BCUT2D eigenvalue weighted by molar-refractivity contribution is 7.80. The number of nitrogens with one attached hydrogen (secondary N) is 1. The van der Waals surface area contributed by atoms with Gasteiger partial charge in [-0.1, -0.05) is 45.3 Å². The van der Waals surface area contributed by atoms with E-state index in [4.69, 9.17) is 18.0 Å². The van der Waals surface area contributed by atoms with Gasteiger partial charge in [0.25, 0.3) is 0 Å². The lowest BCUT2D eigenvalue weighted by Crippen LogP contribution is -2.22. The van der Waals surface area contributed by atoms with Gasteiger partial charge in [-0.2, -0.15) is 0 Å². The first-order valence-electron chi connectivity index (χ1n) is 6.98. The molecule has 1 unspecified atom stereocenters. The molecule has 5 heteroatoms. The lowest BCUT2D eigenvalue weighted by molar-refractivity contribution is 0.561. The van der Waals surface area contributed by atoms with Crippen molar-refractivity contribution >= 4 is 23.2 Å². The fourth-order valence-corrected chi connectivity index (χ4v) is 2.13. The van der Waals surface area contributed by atoms with Crippen LogP contribution in [-0.4, -0.2) is 21.0 Å². The molecule has 0 bridgehead atoms. The van der Waals surface area contributed by atoms with Gasteiger partial charge in [0, 0.05) is 11.7 Å². The van der Waals surface area contributed by atoms with Crippen molar-refractivity contribution in [2.75, 3.05) is 5.32 Å². The summed E-state index contributed by atoms with van der Waals surface area (Å²) >= 11 is 4.98. The molecule has 4 nitrogen and oxygen atoms in total. The van der Waals surface area contributed by atoms with Gasteiger partial charge >= 0.3 is 0 Å². The first kappa shape index (κ1) is 15.8. The van der Waals surface area contributed by atoms with Crippen LogP contribution in [0.1, 0.15) is 57.3 Å². The van der Waals surface area contributed by atoms with Gasteiger partial charge in [-0.3, -0.25) is 0 Å². The Hall–Kier alpha value is -1.23. The minimum atomic E-state index is 0.314. The molecule has 0 aromatic carbocycles. The molecule has 1 aromatic rings. The van der Waals surface area contributed by atoms with Crippen LogP contribution in [0.5, 0.6) is 0 Å². The molecule has 0 saturated heterocycles. The average molecular weight is 280 g/mol. The van der Waals surface area contributed by atoms with Gasteiger partial charge in [0.05, 0.1) is 0 Å². The highest BCUT2D eigenvalue weighted by Crippen LogP contribution is 2.13. The summed E-state index contributed by atoms with van der Waals surface area (Å²) in [6, 6.07) is 2.24. The van der Waals surface area contributed by atoms with Crippen molar-refractivity contribution in [2.24, 2.45) is 5.73 Å². The molecule has 0 aliphatic heterocycles. The molecule has 1 heterocycles. The third-order valence-corrected chi connectivity index (χ3v) is 3.19. The number of aromatic nitrogens is 2. The van der Waals surface area contributed by atoms with E-state index in [0.717, 1.165) is 25.0 Å². The van der Waals surface area contributed by atoms with E-state index in [1.54, 1.807) is 0 Å². The SMILES string of the molecule is CCCCC(CCC)Nc1nc(C)cc(C(N)=S)n1. The quantitative estimate of drug-likeness (QED) is 0.716. The molecule has 0 aliphatic rings. The van der Waals surface area contributed by atoms with Gasteiger partial charge in [0.1, 0.15) is 10.7 Å². The zero-order chi connectivity index (χ0) is 14.3. The Kier molecular flexibility index (Phi) is 6.70. The molecular weight excluding hydrogens is 256 g/mol. The van der Waals surface area contributed by atoms with Crippen LogP contribution in [0.15, 0.2) is 6.07 Å². The summed E-state index contributed by atoms with van der Waals surface area (Å²) in [7, 11) is 0. The monoisotopic (exact) mass is 280 g/mol. The second-order valence-electron chi connectivity index (χ2n) is 4.85. The normalized spacial score (nSPS) is 12.2. The zero-order valence-corrected chi connectivity index (χ0v) is 12.9. The Morgan fingerprint density at radius 3 is 2.63 bits per heavy atom. The van der Waals surface area contributed by atoms with Crippen LogP contribution in [-0.2, 0) is 0 Å².